The van der Waals surface area contributed by atoms with Crippen LogP contribution < -0.4 is 0 Å². The lowest BCUT2D eigenvalue weighted by atomic mass is 10.1. The Labute approximate surface area is 113 Å². The van der Waals surface area contributed by atoms with Crippen LogP contribution in [-0.2, 0) is 14.0 Å². The minimum Gasteiger partial charge on any atom is -0.411 e. The third-order valence-electron chi connectivity index (χ3n) is 3.59. The number of ketones is 1. The van der Waals surface area contributed by atoms with Gasteiger partial charge in [-0.15, -0.1) is 6.58 Å². The summed E-state index contributed by atoms with van der Waals surface area (Å²) >= 11 is 0. The lowest BCUT2D eigenvalue weighted by molar-refractivity contribution is -0.133. The Hall–Kier alpha value is -0.453. The lowest BCUT2D eigenvalue weighted by Crippen LogP contribution is -2.45. The predicted molar refractivity (Wildman–Crippen MR) is 78.4 cm³/mol. The van der Waals surface area contributed by atoms with Crippen molar-refractivity contribution in [3.05, 3.63) is 12.7 Å². The average molecular weight is 272 g/mol. The molecular formula is C14H28O3Si. The van der Waals surface area contributed by atoms with Crippen molar-refractivity contribution in [2.24, 2.45) is 0 Å². The normalized spacial score (nSPS) is 15.2. The smallest absolute Gasteiger partial charge is 0.192 e. The fourth-order valence-corrected chi connectivity index (χ4v) is 5.12. The summed E-state index contributed by atoms with van der Waals surface area (Å²) in [5.74, 6) is 0.0237. The van der Waals surface area contributed by atoms with Crippen molar-refractivity contribution in [3.8, 4) is 0 Å². The van der Waals surface area contributed by atoms with Crippen LogP contribution in [-0.4, -0.2) is 32.9 Å². The molecule has 0 unspecified atom stereocenters. The molecule has 0 aliphatic carbocycles. The molecule has 0 aromatic heterocycles. The Bertz CT molecular complexity index is 254. The van der Waals surface area contributed by atoms with E-state index < -0.39 is 14.4 Å². The van der Waals surface area contributed by atoms with Gasteiger partial charge < -0.3 is 9.16 Å². The zero-order valence-electron chi connectivity index (χ0n) is 12.5. The SMILES string of the molecule is C=CCO[C@H](C(C)=O)[C@H](C)O[Si](CC)(CC)CC. The third-order valence-corrected chi connectivity index (χ3v) is 8.33. The first-order valence-electron chi connectivity index (χ1n) is 6.87. The second-order valence-electron chi connectivity index (χ2n) is 4.72. The van der Waals surface area contributed by atoms with Crippen LogP contribution in [0.1, 0.15) is 34.6 Å². The van der Waals surface area contributed by atoms with Crippen LogP contribution in [0.2, 0.25) is 18.1 Å². The van der Waals surface area contributed by atoms with Crippen molar-refractivity contribution >= 4 is 14.1 Å². The molecule has 0 radical (unpaired) electrons. The van der Waals surface area contributed by atoms with E-state index in [-0.39, 0.29) is 11.9 Å². The molecule has 0 heterocycles. The van der Waals surface area contributed by atoms with E-state index in [0.29, 0.717) is 6.61 Å². The Morgan fingerprint density at radius 2 is 1.78 bits per heavy atom. The molecule has 0 fully saturated rings. The van der Waals surface area contributed by atoms with Gasteiger partial charge in [-0.2, -0.15) is 0 Å². The molecule has 0 rings (SSSR count). The number of ether oxygens (including phenoxy) is 1. The minimum absolute atomic E-state index is 0.0237. The van der Waals surface area contributed by atoms with E-state index in [1.807, 2.05) is 6.92 Å². The largest absolute Gasteiger partial charge is 0.411 e. The van der Waals surface area contributed by atoms with Gasteiger partial charge in [-0.05, 0) is 32.0 Å². The highest BCUT2D eigenvalue weighted by molar-refractivity contribution is 6.73. The maximum Gasteiger partial charge on any atom is 0.192 e. The standard InChI is InChI=1S/C14H28O3Si/c1-7-11-16-14(12(5)15)13(6)17-18(8-2,9-3)10-4/h7,13-14H,1,8-11H2,2-6H3/t13-,14+/m0/s1. The molecular weight excluding hydrogens is 244 g/mol. The molecule has 4 heteroatoms. The fourth-order valence-electron chi connectivity index (χ4n) is 2.21. The third kappa shape index (κ3) is 5.04. The van der Waals surface area contributed by atoms with Crippen molar-refractivity contribution in [1.82, 2.24) is 0 Å². The van der Waals surface area contributed by atoms with Crippen molar-refractivity contribution < 1.29 is 14.0 Å². The summed E-state index contributed by atoms with van der Waals surface area (Å²) in [5.41, 5.74) is 0. The van der Waals surface area contributed by atoms with Gasteiger partial charge in [-0.1, -0.05) is 26.8 Å². The van der Waals surface area contributed by atoms with Crippen LogP contribution in [0.4, 0.5) is 0 Å². The molecule has 18 heavy (non-hydrogen) atoms. The highest BCUT2D eigenvalue weighted by Gasteiger charge is 2.34. The number of rotatable bonds is 10. The summed E-state index contributed by atoms with van der Waals surface area (Å²) < 4.78 is 11.8. The van der Waals surface area contributed by atoms with Crippen molar-refractivity contribution in [1.29, 1.82) is 0 Å². The number of carbonyl (C=O) groups excluding carboxylic acids is 1. The Morgan fingerprint density at radius 1 is 1.28 bits per heavy atom. The van der Waals surface area contributed by atoms with Crippen LogP contribution in [0.15, 0.2) is 12.7 Å². The monoisotopic (exact) mass is 272 g/mol. The van der Waals surface area contributed by atoms with Gasteiger partial charge in [0.2, 0.25) is 0 Å². The summed E-state index contributed by atoms with van der Waals surface area (Å²) in [6, 6.07) is 3.24. The van der Waals surface area contributed by atoms with Crippen LogP contribution in [0.3, 0.4) is 0 Å². The topological polar surface area (TPSA) is 35.5 Å². The maximum absolute atomic E-state index is 11.6. The van der Waals surface area contributed by atoms with Gasteiger partial charge in [0.15, 0.2) is 14.1 Å². The van der Waals surface area contributed by atoms with Crippen LogP contribution >= 0.6 is 0 Å². The highest BCUT2D eigenvalue weighted by Crippen LogP contribution is 2.25. The number of Topliss-reactive ketones (excluding diaryl/α,β-unsaturated/α-hetero) is 1. The Balaban J connectivity index is 4.70. The summed E-state index contributed by atoms with van der Waals surface area (Å²) in [4.78, 5) is 11.6. The second kappa shape index (κ2) is 8.61. The molecule has 0 aromatic rings. The average Bonchev–Trinajstić information content (AvgIpc) is 2.36. The number of hydrogen-bond donors (Lipinski definition) is 0. The van der Waals surface area contributed by atoms with Gasteiger partial charge >= 0.3 is 0 Å². The first kappa shape index (κ1) is 17.5. The molecule has 0 saturated heterocycles. The summed E-state index contributed by atoms with van der Waals surface area (Å²) in [6.07, 6.45) is 1.01. The van der Waals surface area contributed by atoms with E-state index in [2.05, 4.69) is 27.4 Å². The first-order chi connectivity index (χ1) is 8.46. The van der Waals surface area contributed by atoms with E-state index in [1.165, 1.54) is 0 Å². The van der Waals surface area contributed by atoms with Gasteiger partial charge in [0.05, 0.1) is 12.7 Å². The van der Waals surface area contributed by atoms with E-state index in [0.717, 1.165) is 18.1 Å². The Morgan fingerprint density at radius 3 is 2.11 bits per heavy atom. The second-order valence-corrected chi connectivity index (χ2v) is 9.44. The van der Waals surface area contributed by atoms with Crippen molar-refractivity contribution in [2.45, 2.75) is 65.0 Å². The molecule has 2 atom stereocenters. The van der Waals surface area contributed by atoms with Gasteiger partial charge in [0, 0.05) is 0 Å². The van der Waals surface area contributed by atoms with Crippen LogP contribution in [0.25, 0.3) is 0 Å². The summed E-state index contributed by atoms with van der Waals surface area (Å²) in [7, 11) is -1.69. The maximum atomic E-state index is 11.6. The first-order valence-corrected chi connectivity index (χ1v) is 9.40. The molecule has 0 N–H and O–H groups in total. The molecule has 0 amide bonds. The van der Waals surface area contributed by atoms with E-state index >= 15 is 0 Å². The van der Waals surface area contributed by atoms with Crippen molar-refractivity contribution in [3.63, 3.8) is 0 Å². The summed E-state index contributed by atoms with van der Waals surface area (Å²) in [5, 5.41) is 0. The van der Waals surface area contributed by atoms with Gasteiger partial charge in [-0.3, -0.25) is 4.79 Å². The molecule has 0 bridgehead atoms. The molecule has 106 valence electrons. The zero-order valence-corrected chi connectivity index (χ0v) is 13.5. The van der Waals surface area contributed by atoms with Gasteiger partial charge in [-0.25, -0.2) is 0 Å². The fraction of sp³-hybridized carbons (Fsp3) is 0.786. The van der Waals surface area contributed by atoms with Crippen LogP contribution in [0, 0.1) is 0 Å². The van der Waals surface area contributed by atoms with Gasteiger partial charge in [0.1, 0.15) is 6.10 Å². The van der Waals surface area contributed by atoms with E-state index in [4.69, 9.17) is 9.16 Å². The quantitative estimate of drug-likeness (QED) is 0.450. The lowest BCUT2D eigenvalue weighted by Gasteiger charge is -2.34. The predicted octanol–water partition coefficient (Wildman–Crippen LogP) is 3.56. The Kier molecular flexibility index (Phi) is 8.40. The molecule has 0 aliphatic rings. The van der Waals surface area contributed by atoms with E-state index in [9.17, 15) is 4.79 Å². The number of carbonyl (C=O) groups is 1. The zero-order chi connectivity index (χ0) is 14.2. The van der Waals surface area contributed by atoms with Crippen molar-refractivity contribution in [2.75, 3.05) is 6.61 Å². The molecule has 0 aliphatic heterocycles. The molecule has 0 saturated carbocycles. The molecule has 0 spiro atoms. The number of hydrogen-bond acceptors (Lipinski definition) is 3. The van der Waals surface area contributed by atoms with Crippen LogP contribution in [0.5, 0.6) is 0 Å². The highest BCUT2D eigenvalue weighted by atomic mass is 28.4. The van der Waals surface area contributed by atoms with E-state index in [1.54, 1.807) is 13.0 Å². The summed E-state index contributed by atoms with van der Waals surface area (Å²) in [6.45, 7) is 14.0. The minimum atomic E-state index is -1.69. The van der Waals surface area contributed by atoms with Gasteiger partial charge in [0.25, 0.3) is 0 Å². The molecule has 0 aromatic carbocycles. The molecule has 3 nitrogen and oxygen atoms in total.